The van der Waals surface area contributed by atoms with Gasteiger partial charge in [0.15, 0.2) is 0 Å². The number of rotatable bonds is 6. The number of benzene rings is 9. The molecular formula is C50H33NS. The lowest BCUT2D eigenvalue weighted by Gasteiger charge is -2.26. The van der Waals surface area contributed by atoms with Crippen LogP contribution < -0.4 is 4.90 Å². The smallest absolute Gasteiger partial charge is 0.0468 e. The number of thiophene rings is 1. The zero-order valence-corrected chi connectivity index (χ0v) is 29.2. The van der Waals surface area contributed by atoms with Gasteiger partial charge >= 0.3 is 0 Å². The van der Waals surface area contributed by atoms with Crippen LogP contribution in [0.25, 0.3) is 75.1 Å². The normalized spacial score (nSPS) is 11.5. The Kier molecular flexibility index (Phi) is 7.41. The molecule has 0 atom stereocenters. The van der Waals surface area contributed by atoms with Gasteiger partial charge in [0.05, 0.1) is 0 Å². The first-order chi connectivity index (χ1) is 25.8. The summed E-state index contributed by atoms with van der Waals surface area (Å²) in [7, 11) is 0. The molecule has 1 aromatic heterocycles. The number of fused-ring (bicyclic) bond motifs is 6. The Hall–Kier alpha value is -6.48. The third-order valence-corrected chi connectivity index (χ3v) is 11.5. The quantitative estimate of drug-likeness (QED) is 0.169. The van der Waals surface area contributed by atoms with E-state index in [0.717, 1.165) is 17.1 Å². The maximum atomic E-state index is 2.41. The Morgan fingerprint density at radius 2 is 0.827 bits per heavy atom. The van der Waals surface area contributed by atoms with Crippen LogP contribution in [0.3, 0.4) is 0 Å². The van der Waals surface area contributed by atoms with E-state index in [4.69, 9.17) is 0 Å². The lowest BCUT2D eigenvalue weighted by molar-refractivity contribution is 1.30. The van der Waals surface area contributed by atoms with Gasteiger partial charge in [-0.3, -0.25) is 0 Å². The van der Waals surface area contributed by atoms with Crippen molar-refractivity contribution in [1.29, 1.82) is 0 Å². The van der Waals surface area contributed by atoms with E-state index in [1.807, 2.05) is 11.3 Å². The molecule has 1 heterocycles. The molecule has 0 amide bonds. The average Bonchev–Trinajstić information content (AvgIpc) is 3.60. The lowest BCUT2D eigenvalue weighted by atomic mass is 9.95. The van der Waals surface area contributed by atoms with Crippen molar-refractivity contribution in [2.75, 3.05) is 4.90 Å². The fourth-order valence-electron chi connectivity index (χ4n) is 7.63. The second kappa shape index (κ2) is 12.7. The molecule has 2 heteroatoms. The van der Waals surface area contributed by atoms with Crippen molar-refractivity contribution in [1.82, 2.24) is 0 Å². The first kappa shape index (κ1) is 30.4. The van der Waals surface area contributed by atoms with E-state index in [2.05, 4.69) is 205 Å². The predicted octanol–water partition coefficient (Wildman–Crippen LogP) is 14.8. The molecule has 0 aliphatic rings. The van der Waals surface area contributed by atoms with E-state index in [1.54, 1.807) is 0 Å². The van der Waals surface area contributed by atoms with Crippen LogP contribution in [0.4, 0.5) is 17.1 Å². The number of hydrogen-bond donors (Lipinski definition) is 0. The molecule has 0 aliphatic carbocycles. The lowest BCUT2D eigenvalue weighted by Crippen LogP contribution is -2.09. The van der Waals surface area contributed by atoms with E-state index in [0.29, 0.717) is 0 Å². The Bertz CT molecular complexity index is 2870. The molecule has 0 radical (unpaired) electrons. The fourth-order valence-corrected chi connectivity index (χ4v) is 8.84. The van der Waals surface area contributed by atoms with Crippen molar-refractivity contribution >= 4 is 70.1 Å². The molecule has 9 aromatic carbocycles. The molecule has 10 aromatic rings. The van der Waals surface area contributed by atoms with Crippen molar-refractivity contribution in [2.45, 2.75) is 0 Å². The predicted molar refractivity (Wildman–Crippen MR) is 225 cm³/mol. The monoisotopic (exact) mass is 679 g/mol. The second-order valence-corrected chi connectivity index (χ2v) is 14.4. The van der Waals surface area contributed by atoms with Gasteiger partial charge in [0.2, 0.25) is 0 Å². The number of hydrogen-bond acceptors (Lipinski definition) is 2. The topological polar surface area (TPSA) is 3.24 Å². The van der Waals surface area contributed by atoms with Crippen LogP contribution in [0.5, 0.6) is 0 Å². The minimum absolute atomic E-state index is 1.12. The number of anilines is 3. The van der Waals surface area contributed by atoms with Gasteiger partial charge < -0.3 is 4.90 Å². The molecule has 0 N–H and O–H groups in total. The summed E-state index contributed by atoms with van der Waals surface area (Å²) in [4.78, 5) is 2.40. The summed E-state index contributed by atoms with van der Waals surface area (Å²) in [6.45, 7) is 0. The first-order valence-electron chi connectivity index (χ1n) is 17.8. The van der Waals surface area contributed by atoms with Gasteiger partial charge in [-0.05, 0) is 98.1 Å². The summed E-state index contributed by atoms with van der Waals surface area (Å²) < 4.78 is 2.63. The van der Waals surface area contributed by atoms with Crippen LogP contribution in [0.15, 0.2) is 200 Å². The molecule has 0 saturated carbocycles. The highest BCUT2D eigenvalue weighted by Crippen LogP contribution is 2.45. The Morgan fingerprint density at radius 1 is 0.308 bits per heavy atom. The summed E-state index contributed by atoms with van der Waals surface area (Å²) in [5.41, 5.74) is 10.8. The Labute approximate surface area is 307 Å². The van der Waals surface area contributed by atoms with Gasteiger partial charge in [0, 0.05) is 42.6 Å². The number of nitrogens with zero attached hydrogens (tertiary/aromatic N) is 1. The summed E-state index contributed by atoms with van der Waals surface area (Å²) >= 11 is 1.89. The fraction of sp³-hybridized carbons (Fsp3) is 0. The maximum absolute atomic E-state index is 2.41. The van der Waals surface area contributed by atoms with Gasteiger partial charge in [0.25, 0.3) is 0 Å². The van der Waals surface area contributed by atoms with Crippen molar-refractivity contribution < 1.29 is 0 Å². The van der Waals surface area contributed by atoms with Crippen LogP contribution in [-0.4, -0.2) is 0 Å². The molecule has 0 fully saturated rings. The highest BCUT2D eigenvalue weighted by molar-refractivity contribution is 7.26. The SMILES string of the molecule is c1ccc(-c2ccc(-c3ccc(N(c4ccc5ccccc5c4)c4ccc5sc6c7ccccc7c(-c7ccccc7)cc6c5c4)cc3)cc2)cc1. The van der Waals surface area contributed by atoms with E-state index in [9.17, 15) is 0 Å². The van der Waals surface area contributed by atoms with Crippen molar-refractivity contribution in [3.05, 3.63) is 200 Å². The third kappa shape index (κ3) is 5.33. The molecule has 0 unspecified atom stereocenters. The van der Waals surface area contributed by atoms with Gasteiger partial charge in [-0.2, -0.15) is 0 Å². The molecule has 10 rings (SSSR count). The Morgan fingerprint density at radius 3 is 1.54 bits per heavy atom. The zero-order valence-electron chi connectivity index (χ0n) is 28.4. The van der Waals surface area contributed by atoms with Gasteiger partial charge in [-0.1, -0.05) is 152 Å². The summed E-state index contributed by atoms with van der Waals surface area (Å²) in [6, 6.07) is 72.9. The second-order valence-electron chi connectivity index (χ2n) is 13.4. The van der Waals surface area contributed by atoms with Gasteiger partial charge in [0.1, 0.15) is 0 Å². The van der Waals surface area contributed by atoms with E-state index in [1.165, 1.54) is 75.1 Å². The van der Waals surface area contributed by atoms with E-state index < -0.39 is 0 Å². The van der Waals surface area contributed by atoms with Crippen molar-refractivity contribution in [2.24, 2.45) is 0 Å². The zero-order chi connectivity index (χ0) is 34.4. The van der Waals surface area contributed by atoms with Crippen molar-refractivity contribution in [3.63, 3.8) is 0 Å². The minimum Gasteiger partial charge on any atom is -0.310 e. The van der Waals surface area contributed by atoms with Crippen molar-refractivity contribution in [3.8, 4) is 33.4 Å². The molecule has 244 valence electrons. The highest BCUT2D eigenvalue weighted by atomic mass is 32.1. The van der Waals surface area contributed by atoms with E-state index in [-0.39, 0.29) is 0 Å². The van der Waals surface area contributed by atoms with Crippen LogP contribution in [-0.2, 0) is 0 Å². The van der Waals surface area contributed by atoms with Crippen LogP contribution >= 0.6 is 11.3 Å². The molecule has 1 nitrogen and oxygen atoms in total. The molecular weight excluding hydrogens is 647 g/mol. The van der Waals surface area contributed by atoms with Crippen LogP contribution in [0, 0.1) is 0 Å². The summed E-state index contributed by atoms with van der Waals surface area (Å²) in [5, 5.41) is 7.63. The first-order valence-corrected chi connectivity index (χ1v) is 18.6. The van der Waals surface area contributed by atoms with Crippen LogP contribution in [0.1, 0.15) is 0 Å². The summed E-state index contributed by atoms with van der Waals surface area (Å²) in [6.07, 6.45) is 0. The molecule has 0 bridgehead atoms. The average molecular weight is 680 g/mol. The molecule has 0 aliphatic heterocycles. The highest BCUT2D eigenvalue weighted by Gasteiger charge is 2.18. The Balaban J connectivity index is 1.11. The summed E-state index contributed by atoms with van der Waals surface area (Å²) in [5.74, 6) is 0. The maximum Gasteiger partial charge on any atom is 0.0468 e. The molecule has 52 heavy (non-hydrogen) atoms. The van der Waals surface area contributed by atoms with E-state index >= 15 is 0 Å². The third-order valence-electron chi connectivity index (χ3n) is 10.2. The van der Waals surface area contributed by atoms with Crippen LogP contribution in [0.2, 0.25) is 0 Å². The molecule has 0 spiro atoms. The largest absolute Gasteiger partial charge is 0.310 e. The standard InChI is InChI=1S/C50H33NS/c1-3-11-34(12-4-1)36-19-21-37(22-20-36)38-23-26-41(27-24-38)51(42-28-25-35-13-7-8-16-40(35)31-42)43-29-30-49-47(32-43)48-33-46(39-14-5-2-6-15-39)44-17-9-10-18-45(44)50(48)52-49/h1-33H. The minimum atomic E-state index is 1.12. The molecule has 0 saturated heterocycles. The van der Waals surface area contributed by atoms with Gasteiger partial charge in [-0.15, -0.1) is 11.3 Å². The van der Waals surface area contributed by atoms with Gasteiger partial charge in [-0.25, -0.2) is 0 Å².